The van der Waals surface area contributed by atoms with Crippen molar-refractivity contribution in [2.45, 2.75) is 0 Å². The Kier molecular flexibility index (Phi) is 2.07. The van der Waals surface area contributed by atoms with E-state index in [1.54, 1.807) is 18.5 Å². The minimum Gasteiger partial charge on any atom is -0.398 e. The first kappa shape index (κ1) is 10.4. The highest BCUT2D eigenvalue weighted by Crippen LogP contribution is 2.37. The van der Waals surface area contributed by atoms with Crippen LogP contribution in [0, 0.1) is 11.3 Å². The number of aromatic nitrogens is 1. The molecule has 4 nitrogen and oxygen atoms in total. The molecule has 4 N–H and O–H groups in total. The van der Waals surface area contributed by atoms with E-state index in [-0.39, 0.29) is 0 Å². The van der Waals surface area contributed by atoms with Crippen molar-refractivity contribution >= 4 is 11.4 Å². The summed E-state index contributed by atoms with van der Waals surface area (Å²) < 4.78 is 0. The Morgan fingerprint density at radius 2 is 1.78 bits per heavy atom. The molecule has 0 unspecified atom stereocenters. The summed E-state index contributed by atoms with van der Waals surface area (Å²) >= 11 is 0. The average molecular weight is 234 g/mol. The number of hydrogen-bond donors (Lipinski definition) is 2. The Labute approximate surface area is 104 Å². The fourth-order valence-electron chi connectivity index (χ4n) is 2.12. The fraction of sp³-hybridized carbons (Fsp3) is 0. The molecule has 0 bridgehead atoms. The van der Waals surface area contributed by atoms with Gasteiger partial charge in [-0.05, 0) is 18.2 Å². The second-order valence-corrected chi connectivity index (χ2v) is 4.16. The maximum Gasteiger partial charge on any atom is 0.101 e. The van der Waals surface area contributed by atoms with Crippen LogP contribution in [0.25, 0.3) is 22.3 Å². The van der Waals surface area contributed by atoms with Gasteiger partial charge in [-0.1, -0.05) is 6.07 Å². The van der Waals surface area contributed by atoms with Gasteiger partial charge in [0.1, 0.15) is 6.07 Å². The molecule has 0 fully saturated rings. The summed E-state index contributed by atoms with van der Waals surface area (Å²) in [4.78, 5) is 4.23. The molecule has 0 saturated carbocycles. The number of nitrogens with zero attached hydrogens (tertiary/aromatic N) is 2. The van der Waals surface area contributed by atoms with Crippen molar-refractivity contribution in [3.05, 3.63) is 42.2 Å². The lowest BCUT2D eigenvalue weighted by Gasteiger charge is -2.02. The first-order valence-corrected chi connectivity index (χ1v) is 5.46. The van der Waals surface area contributed by atoms with Crippen LogP contribution in [0.3, 0.4) is 0 Å². The first-order valence-electron chi connectivity index (χ1n) is 5.46. The molecule has 0 aromatic carbocycles. The number of nitriles is 1. The van der Waals surface area contributed by atoms with Gasteiger partial charge < -0.3 is 11.5 Å². The van der Waals surface area contributed by atoms with Gasteiger partial charge in [0.15, 0.2) is 0 Å². The lowest BCUT2D eigenvalue weighted by molar-refractivity contribution is 1.35. The molecular formula is C14H10N4. The molecule has 86 valence electrons. The maximum absolute atomic E-state index is 9.00. The smallest absolute Gasteiger partial charge is 0.101 e. The summed E-state index contributed by atoms with van der Waals surface area (Å²) in [7, 11) is 0. The molecule has 0 aromatic rings. The molecule has 3 rings (SSSR count). The number of anilines is 2. The third-order valence-corrected chi connectivity index (χ3v) is 3.09. The van der Waals surface area contributed by atoms with E-state index in [9.17, 15) is 0 Å². The van der Waals surface area contributed by atoms with Crippen molar-refractivity contribution in [1.82, 2.24) is 4.98 Å². The monoisotopic (exact) mass is 234 g/mol. The summed E-state index contributed by atoms with van der Waals surface area (Å²) in [5, 5.41) is 9.00. The van der Waals surface area contributed by atoms with E-state index in [0.717, 1.165) is 22.3 Å². The highest BCUT2D eigenvalue weighted by Gasteiger charge is 2.15. The summed E-state index contributed by atoms with van der Waals surface area (Å²) in [6.45, 7) is 0. The van der Waals surface area contributed by atoms with Gasteiger partial charge in [0.25, 0.3) is 0 Å². The predicted octanol–water partition coefficient (Wildman–Crippen LogP) is 2.33. The molecule has 0 spiro atoms. The van der Waals surface area contributed by atoms with Gasteiger partial charge in [-0.25, -0.2) is 0 Å². The van der Waals surface area contributed by atoms with Gasteiger partial charge in [0.2, 0.25) is 0 Å². The highest BCUT2D eigenvalue weighted by molar-refractivity contribution is 5.90. The van der Waals surface area contributed by atoms with Crippen LogP contribution in [-0.4, -0.2) is 4.98 Å². The standard InChI is InChI=1S/C14H10N4/c15-5-9-3-10-7-18-6-8-1-2-13(16)11(8)4-12(10)14(9)17/h1-4,6-7H,16-17H2. The van der Waals surface area contributed by atoms with Crippen molar-refractivity contribution in [1.29, 1.82) is 5.26 Å². The van der Waals surface area contributed by atoms with Crippen molar-refractivity contribution < 1.29 is 0 Å². The van der Waals surface area contributed by atoms with E-state index in [4.69, 9.17) is 16.7 Å². The Balaban J connectivity index is 2.41. The second-order valence-electron chi connectivity index (χ2n) is 4.16. The third kappa shape index (κ3) is 1.35. The van der Waals surface area contributed by atoms with Gasteiger partial charge in [-0.3, -0.25) is 4.98 Å². The number of hydrogen-bond acceptors (Lipinski definition) is 4. The van der Waals surface area contributed by atoms with Crippen LogP contribution in [-0.2, 0) is 0 Å². The Morgan fingerprint density at radius 1 is 1.00 bits per heavy atom. The molecule has 1 heterocycles. The lowest BCUT2D eigenvalue weighted by atomic mass is 10.1. The number of fused-ring (bicyclic) bond motifs is 2. The van der Waals surface area contributed by atoms with Gasteiger partial charge >= 0.3 is 0 Å². The molecule has 0 saturated heterocycles. The van der Waals surface area contributed by atoms with Crippen molar-refractivity contribution in [2.24, 2.45) is 0 Å². The maximum atomic E-state index is 9.00. The molecule has 0 amide bonds. The molecule has 18 heavy (non-hydrogen) atoms. The zero-order valence-electron chi connectivity index (χ0n) is 9.51. The third-order valence-electron chi connectivity index (χ3n) is 3.09. The Morgan fingerprint density at radius 3 is 2.56 bits per heavy atom. The van der Waals surface area contributed by atoms with Crippen LogP contribution in [0.15, 0.2) is 36.7 Å². The van der Waals surface area contributed by atoms with E-state index in [2.05, 4.69) is 11.1 Å². The van der Waals surface area contributed by atoms with E-state index in [1.165, 1.54) is 0 Å². The van der Waals surface area contributed by atoms with Crippen molar-refractivity contribution in [3.8, 4) is 28.3 Å². The average Bonchev–Trinajstić information content (AvgIpc) is 2.81. The predicted molar refractivity (Wildman–Crippen MR) is 71.0 cm³/mol. The van der Waals surface area contributed by atoms with Crippen molar-refractivity contribution in [2.75, 3.05) is 11.5 Å². The highest BCUT2D eigenvalue weighted by atomic mass is 14.6. The Bertz CT molecular complexity index is 727. The van der Waals surface area contributed by atoms with E-state index < -0.39 is 0 Å². The lowest BCUT2D eigenvalue weighted by Crippen LogP contribution is -1.88. The Hall–Kier alpha value is -2.80. The van der Waals surface area contributed by atoms with Crippen LogP contribution in [0.4, 0.5) is 11.4 Å². The van der Waals surface area contributed by atoms with E-state index in [1.807, 2.05) is 18.2 Å². The zero-order valence-corrected chi connectivity index (χ0v) is 9.51. The molecule has 0 aromatic heterocycles. The molecule has 3 aliphatic rings. The normalized spacial score (nSPS) is 10.6. The molecule has 0 radical (unpaired) electrons. The number of rotatable bonds is 0. The summed E-state index contributed by atoms with van der Waals surface area (Å²) in [6, 6.07) is 9.48. The second kappa shape index (κ2) is 3.60. The van der Waals surface area contributed by atoms with Crippen LogP contribution in [0.1, 0.15) is 5.56 Å². The fourth-order valence-corrected chi connectivity index (χ4v) is 2.12. The molecule has 2 aliphatic carbocycles. The summed E-state index contributed by atoms with van der Waals surface area (Å²) in [6.07, 6.45) is 3.45. The van der Waals surface area contributed by atoms with E-state index >= 15 is 0 Å². The first-order chi connectivity index (χ1) is 8.70. The number of nitrogens with two attached hydrogens (primary N) is 2. The molecule has 0 atom stereocenters. The van der Waals surface area contributed by atoms with Crippen LogP contribution in [0.5, 0.6) is 0 Å². The topological polar surface area (TPSA) is 88.7 Å². The quantitative estimate of drug-likeness (QED) is 0.624. The van der Waals surface area contributed by atoms with Gasteiger partial charge in [0.05, 0.1) is 11.3 Å². The summed E-state index contributed by atoms with van der Waals surface area (Å²) in [5.74, 6) is 0. The van der Waals surface area contributed by atoms with E-state index in [0.29, 0.717) is 16.9 Å². The van der Waals surface area contributed by atoms with Gasteiger partial charge in [-0.15, -0.1) is 0 Å². The van der Waals surface area contributed by atoms with Crippen molar-refractivity contribution in [3.63, 3.8) is 0 Å². The van der Waals surface area contributed by atoms with Crippen LogP contribution >= 0.6 is 0 Å². The largest absolute Gasteiger partial charge is 0.398 e. The molecular weight excluding hydrogens is 224 g/mol. The SMILES string of the molecule is N#Cc1cc2cncc3ccc(N)c-3cc-2c1N. The molecule has 4 heteroatoms. The molecule has 1 aliphatic heterocycles. The minimum absolute atomic E-state index is 0.469. The zero-order chi connectivity index (χ0) is 12.7. The van der Waals surface area contributed by atoms with Gasteiger partial charge in [-0.2, -0.15) is 5.26 Å². The summed E-state index contributed by atoms with van der Waals surface area (Å²) in [5.41, 5.74) is 17.0. The van der Waals surface area contributed by atoms with Gasteiger partial charge in [0, 0.05) is 40.3 Å². The van der Waals surface area contributed by atoms with Crippen LogP contribution < -0.4 is 11.5 Å². The number of nitrogen functional groups attached to an aromatic ring is 2. The van der Waals surface area contributed by atoms with Crippen LogP contribution in [0.2, 0.25) is 0 Å². The minimum atomic E-state index is 0.469.